The van der Waals surface area contributed by atoms with Crippen LogP contribution in [0.15, 0.2) is 52.6 Å². The molecule has 0 atom stereocenters. The first-order chi connectivity index (χ1) is 11.7. The maximum Gasteiger partial charge on any atom is 0.122 e. The summed E-state index contributed by atoms with van der Waals surface area (Å²) in [5, 5.41) is 3.78. The van der Waals surface area contributed by atoms with Crippen LogP contribution in [-0.4, -0.2) is 26.1 Å². The van der Waals surface area contributed by atoms with Crippen molar-refractivity contribution in [3.8, 4) is 23.8 Å². The van der Waals surface area contributed by atoms with Crippen molar-refractivity contribution < 1.29 is 9.47 Å². The van der Waals surface area contributed by atoms with Crippen LogP contribution >= 0.6 is 0 Å². The zero-order valence-corrected chi connectivity index (χ0v) is 13.7. The van der Waals surface area contributed by atoms with Gasteiger partial charge in [-0.2, -0.15) is 5.10 Å². The molecule has 0 radical (unpaired) electrons. The standard InChI is InChI=1S/C19H19N3O2/c1-4-14-5-7-16(8-6-14)19(22-20)13-21-12-15-9-17(23-2)11-18(10-15)24-3/h1,5-11,13H,12,20H2,2-3H3. The van der Waals surface area contributed by atoms with Crippen LogP contribution in [0, 0.1) is 12.3 Å². The molecule has 0 aliphatic carbocycles. The number of hydrogen-bond acceptors (Lipinski definition) is 5. The van der Waals surface area contributed by atoms with Crippen LogP contribution in [0.3, 0.4) is 0 Å². The lowest BCUT2D eigenvalue weighted by Gasteiger charge is -2.07. The van der Waals surface area contributed by atoms with Gasteiger partial charge in [0.1, 0.15) is 17.2 Å². The fraction of sp³-hybridized carbons (Fsp3) is 0.158. The first kappa shape index (κ1) is 17.1. The predicted molar refractivity (Wildman–Crippen MR) is 96.8 cm³/mol. The Kier molecular flexibility index (Phi) is 5.98. The molecule has 2 N–H and O–H groups in total. The number of methoxy groups -OCH3 is 2. The van der Waals surface area contributed by atoms with Crippen LogP contribution in [-0.2, 0) is 6.54 Å². The molecule has 0 heterocycles. The van der Waals surface area contributed by atoms with Crippen molar-refractivity contribution >= 4 is 11.9 Å². The molecule has 0 saturated heterocycles. The smallest absolute Gasteiger partial charge is 0.122 e. The summed E-state index contributed by atoms with van der Waals surface area (Å²) in [4.78, 5) is 4.40. The van der Waals surface area contributed by atoms with E-state index in [1.165, 1.54) is 0 Å². The minimum atomic E-state index is 0.453. The Labute approximate surface area is 141 Å². The van der Waals surface area contributed by atoms with E-state index in [0.29, 0.717) is 12.3 Å². The number of terminal acetylenes is 1. The third-order valence-corrected chi connectivity index (χ3v) is 3.39. The largest absolute Gasteiger partial charge is 0.497 e. The molecule has 0 bridgehead atoms. The fourth-order valence-electron chi connectivity index (χ4n) is 2.11. The van der Waals surface area contributed by atoms with Crippen molar-refractivity contribution in [1.82, 2.24) is 0 Å². The maximum absolute atomic E-state index is 5.46. The van der Waals surface area contributed by atoms with Gasteiger partial charge >= 0.3 is 0 Å². The molecule has 2 aromatic rings. The van der Waals surface area contributed by atoms with Gasteiger partial charge in [-0.1, -0.05) is 18.1 Å². The van der Waals surface area contributed by atoms with E-state index in [1.54, 1.807) is 20.4 Å². The van der Waals surface area contributed by atoms with Crippen LogP contribution in [0.5, 0.6) is 11.5 Å². The van der Waals surface area contributed by atoms with Gasteiger partial charge in [0.2, 0.25) is 0 Å². The second kappa shape index (κ2) is 8.39. The first-order valence-corrected chi connectivity index (χ1v) is 7.27. The maximum atomic E-state index is 5.46. The van der Waals surface area contributed by atoms with Gasteiger partial charge < -0.3 is 15.3 Å². The predicted octanol–water partition coefficient (Wildman–Crippen LogP) is 2.62. The van der Waals surface area contributed by atoms with Crippen molar-refractivity contribution in [2.75, 3.05) is 14.2 Å². The second-order valence-electron chi connectivity index (χ2n) is 4.93. The van der Waals surface area contributed by atoms with Gasteiger partial charge in [0.15, 0.2) is 0 Å². The van der Waals surface area contributed by atoms with Gasteiger partial charge in [0, 0.05) is 23.4 Å². The lowest BCUT2D eigenvalue weighted by molar-refractivity contribution is 0.393. The highest BCUT2D eigenvalue weighted by atomic mass is 16.5. The van der Waals surface area contributed by atoms with Crippen LogP contribution in [0.2, 0.25) is 0 Å². The summed E-state index contributed by atoms with van der Waals surface area (Å²) < 4.78 is 10.5. The van der Waals surface area contributed by atoms with Crippen molar-refractivity contribution in [2.24, 2.45) is 15.9 Å². The van der Waals surface area contributed by atoms with Gasteiger partial charge in [-0.05, 0) is 29.8 Å². The van der Waals surface area contributed by atoms with E-state index in [1.807, 2.05) is 42.5 Å². The van der Waals surface area contributed by atoms with Crippen LogP contribution in [0.1, 0.15) is 16.7 Å². The molecule has 0 aliphatic heterocycles. The number of rotatable bonds is 6. The Morgan fingerprint density at radius 1 is 1.12 bits per heavy atom. The number of benzene rings is 2. The number of aliphatic imine (C=N–C) groups is 1. The van der Waals surface area contributed by atoms with E-state index < -0.39 is 0 Å². The Morgan fingerprint density at radius 2 is 1.75 bits per heavy atom. The lowest BCUT2D eigenvalue weighted by Crippen LogP contribution is -2.06. The minimum absolute atomic E-state index is 0.453. The number of nitrogens with two attached hydrogens (primary N) is 1. The van der Waals surface area contributed by atoms with Gasteiger partial charge in [-0.15, -0.1) is 6.42 Å². The van der Waals surface area contributed by atoms with Crippen LogP contribution < -0.4 is 15.3 Å². The lowest BCUT2D eigenvalue weighted by atomic mass is 10.1. The Morgan fingerprint density at radius 3 is 2.25 bits per heavy atom. The Bertz CT molecular complexity index is 765. The van der Waals surface area contributed by atoms with E-state index in [0.717, 1.165) is 28.2 Å². The zero-order valence-electron chi connectivity index (χ0n) is 13.7. The number of nitrogens with zero attached hydrogens (tertiary/aromatic N) is 2. The topological polar surface area (TPSA) is 69.2 Å². The number of hydrogen-bond donors (Lipinski definition) is 1. The summed E-state index contributed by atoms with van der Waals surface area (Å²) in [5.41, 5.74) is 3.19. The van der Waals surface area contributed by atoms with Crippen molar-refractivity contribution in [3.63, 3.8) is 0 Å². The van der Waals surface area contributed by atoms with E-state index in [-0.39, 0.29) is 0 Å². The number of ether oxygens (including phenoxy) is 2. The summed E-state index contributed by atoms with van der Waals surface area (Å²) in [6.45, 7) is 0.453. The quantitative estimate of drug-likeness (QED) is 0.385. The average molecular weight is 321 g/mol. The first-order valence-electron chi connectivity index (χ1n) is 7.27. The summed E-state index contributed by atoms with van der Waals surface area (Å²) >= 11 is 0. The molecule has 2 rings (SSSR count). The molecule has 0 aliphatic rings. The van der Waals surface area contributed by atoms with E-state index in [2.05, 4.69) is 16.0 Å². The van der Waals surface area contributed by atoms with E-state index >= 15 is 0 Å². The zero-order chi connectivity index (χ0) is 17.4. The van der Waals surface area contributed by atoms with Crippen LogP contribution in [0.25, 0.3) is 0 Å². The van der Waals surface area contributed by atoms with Gasteiger partial charge in [-0.25, -0.2) is 0 Å². The minimum Gasteiger partial charge on any atom is -0.497 e. The molecule has 2 aromatic carbocycles. The Hall–Kier alpha value is -3.26. The summed E-state index contributed by atoms with van der Waals surface area (Å²) in [5.74, 6) is 9.47. The summed E-state index contributed by atoms with van der Waals surface area (Å²) in [6, 6.07) is 13.0. The normalized spacial score (nSPS) is 11.3. The van der Waals surface area contributed by atoms with E-state index in [4.69, 9.17) is 21.7 Å². The monoisotopic (exact) mass is 321 g/mol. The third-order valence-electron chi connectivity index (χ3n) is 3.39. The van der Waals surface area contributed by atoms with Gasteiger partial charge in [-0.3, -0.25) is 4.99 Å². The molecule has 0 aromatic heterocycles. The summed E-state index contributed by atoms with van der Waals surface area (Å²) in [7, 11) is 3.22. The fourth-order valence-corrected chi connectivity index (χ4v) is 2.11. The van der Waals surface area contributed by atoms with Gasteiger partial charge in [0.25, 0.3) is 0 Å². The molecule has 0 amide bonds. The molecule has 122 valence electrons. The second-order valence-corrected chi connectivity index (χ2v) is 4.93. The molecule has 0 fully saturated rings. The summed E-state index contributed by atoms with van der Waals surface area (Å²) in [6.07, 6.45) is 6.98. The Balaban J connectivity index is 2.13. The molecular formula is C19H19N3O2. The molecule has 24 heavy (non-hydrogen) atoms. The van der Waals surface area contributed by atoms with Gasteiger partial charge in [0.05, 0.1) is 20.8 Å². The molecule has 5 nitrogen and oxygen atoms in total. The SMILES string of the molecule is C#Cc1ccc(C(C=NCc2cc(OC)cc(OC)c2)=NN)cc1. The van der Waals surface area contributed by atoms with Crippen molar-refractivity contribution in [3.05, 3.63) is 59.2 Å². The average Bonchev–Trinajstić information content (AvgIpc) is 2.65. The highest BCUT2D eigenvalue weighted by Crippen LogP contribution is 2.22. The molecule has 0 unspecified atom stereocenters. The van der Waals surface area contributed by atoms with Crippen molar-refractivity contribution in [2.45, 2.75) is 6.54 Å². The van der Waals surface area contributed by atoms with E-state index in [9.17, 15) is 0 Å². The number of hydrazone groups is 1. The highest BCUT2D eigenvalue weighted by Gasteiger charge is 2.03. The molecule has 5 heteroatoms. The highest BCUT2D eigenvalue weighted by molar-refractivity contribution is 6.38. The molecule has 0 spiro atoms. The molecule has 0 saturated carbocycles. The van der Waals surface area contributed by atoms with Crippen molar-refractivity contribution in [1.29, 1.82) is 0 Å². The molecular weight excluding hydrogens is 302 g/mol. The van der Waals surface area contributed by atoms with Crippen LogP contribution in [0.4, 0.5) is 0 Å². The third kappa shape index (κ3) is 4.37.